The van der Waals surface area contributed by atoms with Crippen LogP contribution in [0.2, 0.25) is 0 Å². The molecule has 7 heteroatoms. The number of imide groups is 1. The Kier molecular flexibility index (Phi) is 4.85. The first-order valence-electron chi connectivity index (χ1n) is 6.61. The van der Waals surface area contributed by atoms with Crippen LogP contribution in [0.15, 0.2) is 29.2 Å². The van der Waals surface area contributed by atoms with Crippen LogP contribution in [-0.4, -0.2) is 41.1 Å². The van der Waals surface area contributed by atoms with Gasteiger partial charge in [0.05, 0.1) is 5.25 Å². The van der Waals surface area contributed by atoms with Gasteiger partial charge in [0.15, 0.2) is 0 Å². The van der Waals surface area contributed by atoms with E-state index in [4.69, 9.17) is 0 Å². The van der Waals surface area contributed by atoms with Crippen molar-refractivity contribution in [1.82, 2.24) is 10.2 Å². The molecule has 1 aliphatic heterocycles. The van der Waals surface area contributed by atoms with Crippen LogP contribution in [0.25, 0.3) is 0 Å². The number of amides is 4. The van der Waals surface area contributed by atoms with Gasteiger partial charge < -0.3 is 10.6 Å². The number of carbonyl (C=O) groups excluding carboxylic acids is 3. The van der Waals surface area contributed by atoms with Crippen LogP contribution in [-0.2, 0) is 9.59 Å². The molecule has 0 saturated carbocycles. The second kappa shape index (κ2) is 6.62. The summed E-state index contributed by atoms with van der Waals surface area (Å²) >= 11 is 1.38. The van der Waals surface area contributed by atoms with Crippen LogP contribution in [0.5, 0.6) is 0 Å². The Bertz CT molecular complexity index is 559. The molecule has 2 N–H and O–H groups in total. The lowest BCUT2D eigenvalue weighted by molar-refractivity contribution is -0.126. The standard InChI is InChI=1S/C14H17N3O3S/c1-9(13(19)17-8-7-15-14(17)20)21-12-5-3-11(4-6-12)16-10(2)18/h3-6,9H,7-8H2,1-2H3,(H,15,20)(H,16,18)/t9-/m1/s1. The Labute approximate surface area is 127 Å². The molecule has 2 rings (SSSR count). The van der Waals surface area contributed by atoms with E-state index in [0.717, 1.165) is 4.90 Å². The van der Waals surface area contributed by atoms with Crippen LogP contribution >= 0.6 is 11.8 Å². The maximum absolute atomic E-state index is 12.2. The lowest BCUT2D eigenvalue weighted by atomic mass is 10.3. The molecule has 0 spiro atoms. The summed E-state index contributed by atoms with van der Waals surface area (Å²) in [4.78, 5) is 36.7. The predicted octanol–water partition coefficient (Wildman–Crippen LogP) is 1.68. The van der Waals surface area contributed by atoms with E-state index in [0.29, 0.717) is 18.8 Å². The van der Waals surface area contributed by atoms with E-state index in [-0.39, 0.29) is 23.1 Å². The zero-order valence-electron chi connectivity index (χ0n) is 11.9. The Morgan fingerprint density at radius 2 is 2.00 bits per heavy atom. The van der Waals surface area contributed by atoms with E-state index < -0.39 is 0 Å². The monoisotopic (exact) mass is 307 g/mol. The van der Waals surface area contributed by atoms with E-state index >= 15 is 0 Å². The largest absolute Gasteiger partial charge is 0.336 e. The number of nitrogens with one attached hydrogen (secondary N) is 2. The van der Waals surface area contributed by atoms with Crippen molar-refractivity contribution in [3.8, 4) is 0 Å². The van der Waals surface area contributed by atoms with Crippen molar-refractivity contribution in [2.75, 3.05) is 18.4 Å². The highest BCUT2D eigenvalue weighted by Crippen LogP contribution is 2.26. The number of thioether (sulfide) groups is 1. The van der Waals surface area contributed by atoms with Gasteiger partial charge in [-0.2, -0.15) is 0 Å². The van der Waals surface area contributed by atoms with E-state index in [1.54, 1.807) is 19.1 Å². The summed E-state index contributed by atoms with van der Waals surface area (Å²) in [5.41, 5.74) is 0.713. The zero-order chi connectivity index (χ0) is 15.4. The molecule has 4 amide bonds. The molecule has 1 fully saturated rings. The van der Waals surface area contributed by atoms with Crippen molar-refractivity contribution in [2.24, 2.45) is 0 Å². The van der Waals surface area contributed by atoms with Crippen LogP contribution in [0, 0.1) is 0 Å². The average Bonchev–Trinajstić information content (AvgIpc) is 2.85. The van der Waals surface area contributed by atoms with Gasteiger partial charge in [-0.05, 0) is 31.2 Å². The summed E-state index contributed by atoms with van der Waals surface area (Å²) in [6.45, 7) is 4.15. The number of rotatable bonds is 4. The summed E-state index contributed by atoms with van der Waals surface area (Å²) in [6.07, 6.45) is 0. The van der Waals surface area contributed by atoms with Gasteiger partial charge in [0.25, 0.3) is 0 Å². The smallest absolute Gasteiger partial charge is 0.324 e. The lowest BCUT2D eigenvalue weighted by Crippen LogP contribution is -2.38. The quantitative estimate of drug-likeness (QED) is 0.830. The Morgan fingerprint density at radius 3 is 2.52 bits per heavy atom. The number of nitrogens with zero attached hydrogens (tertiary/aromatic N) is 1. The van der Waals surface area contributed by atoms with Crippen LogP contribution < -0.4 is 10.6 Å². The highest BCUT2D eigenvalue weighted by Gasteiger charge is 2.29. The maximum Gasteiger partial charge on any atom is 0.324 e. The van der Waals surface area contributed by atoms with Crippen molar-refractivity contribution < 1.29 is 14.4 Å². The molecule has 112 valence electrons. The number of hydrogen-bond acceptors (Lipinski definition) is 4. The molecule has 1 aromatic carbocycles. The molecule has 0 bridgehead atoms. The van der Waals surface area contributed by atoms with Gasteiger partial charge in [-0.15, -0.1) is 11.8 Å². The van der Waals surface area contributed by atoms with Gasteiger partial charge in [-0.3, -0.25) is 14.5 Å². The van der Waals surface area contributed by atoms with Gasteiger partial charge >= 0.3 is 6.03 Å². The van der Waals surface area contributed by atoms with Crippen LogP contribution in [0.3, 0.4) is 0 Å². The fourth-order valence-corrected chi connectivity index (χ4v) is 2.91. The zero-order valence-corrected chi connectivity index (χ0v) is 12.7. The normalized spacial score (nSPS) is 15.5. The molecule has 1 heterocycles. The van der Waals surface area contributed by atoms with Gasteiger partial charge in [-0.25, -0.2) is 4.79 Å². The third-order valence-electron chi connectivity index (χ3n) is 2.96. The van der Waals surface area contributed by atoms with E-state index in [1.807, 2.05) is 12.1 Å². The molecule has 0 radical (unpaired) electrons. The average molecular weight is 307 g/mol. The molecular weight excluding hydrogens is 290 g/mol. The number of urea groups is 1. The summed E-state index contributed by atoms with van der Waals surface area (Å²) in [5.74, 6) is -0.320. The highest BCUT2D eigenvalue weighted by molar-refractivity contribution is 8.00. The lowest BCUT2D eigenvalue weighted by Gasteiger charge is -2.17. The molecular formula is C14H17N3O3S. The Morgan fingerprint density at radius 1 is 1.33 bits per heavy atom. The number of anilines is 1. The molecule has 0 unspecified atom stereocenters. The van der Waals surface area contributed by atoms with Crippen molar-refractivity contribution in [2.45, 2.75) is 24.0 Å². The van der Waals surface area contributed by atoms with Crippen molar-refractivity contribution in [3.05, 3.63) is 24.3 Å². The summed E-state index contributed by atoms with van der Waals surface area (Å²) in [5, 5.41) is 4.95. The van der Waals surface area contributed by atoms with Gasteiger partial charge in [-0.1, -0.05) is 0 Å². The number of hydrogen-bond donors (Lipinski definition) is 2. The van der Waals surface area contributed by atoms with E-state index in [9.17, 15) is 14.4 Å². The number of carbonyl (C=O) groups is 3. The van der Waals surface area contributed by atoms with Gasteiger partial charge in [0, 0.05) is 30.6 Å². The first kappa shape index (κ1) is 15.4. The van der Waals surface area contributed by atoms with E-state index in [2.05, 4.69) is 10.6 Å². The summed E-state index contributed by atoms with van der Waals surface area (Å²) < 4.78 is 0. The predicted molar refractivity (Wildman–Crippen MR) is 81.2 cm³/mol. The van der Waals surface area contributed by atoms with E-state index in [1.165, 1.54) is 23.6 Å². The van der Waals surface area contributed by atoms with Crippen LogP contribution in [0.1, 0.15) is 13.8 Å². The third-order valence-corrected chi connectivity index (χ3v) is 4.06. The fraction of sp³-hybridized carbons (Fsp3) is 0.357. The second-order valence-electron chi connectivity index (χ2n) is 4.69. The molecule has 6 nitrogen and oxygen atoms in total. The maximum atomic E-state index is 12.2. The van der Waals surface area contributed by atoms with Crippen molar-refractivity contribution in [3.63, 3.8) is 0 Å². The molecule has 0 aromatic heterocycles. The molecule has 1 aromatic rings. The van der Waals surface area contributed by atoms with Crippen molar-refractivity contribution in [1.29, 1.82) is 0 Å². The Balaban J connectivity index is 1.95. The molecule has 1 saturated heterocycles. The number of benzene rings is 1. The molecule has 1 atom stereocenters. The summed E-state index contributed by atoms with van der Waals surface area (Å²) in [6, 6.07) is 6.91. The summed E-state index contributed by atoms with van der Waals surface area (Å²) in [7, 11) is 0. The third kappa shape index (κ3) is 3.98. The second-order valence-corrected chi connectivity index (χ2v) is 6.10. The first-order valence-corrected chi connectivity index (χ1v) is 7.49. The van der Waals surface area contributed by atoms with Crippen LogP contribution in [0.4, 0.5) is 10.5 Å². The minimum Gasteiger partial charge on any atom is -0.336 e. The minimum absolute atomic E-state index is 0.126. The molecule has 21 heavy (non-hydrogen) atoms. The first-order chi connectivity index (χ1) is 9.97. The molecule has 1 aliphatic rings. The fourth-order valence-electron chi connectivity index (χ4n) is 1.98. The molecule has 0 aliphatic carbocycles. The topological polar surface area (TPSA) is 78.5 Å². The minimum atomic E-state index is -0.347. The van der Waals surface area contributed by atoms with Gasteiger partial charge in [0.1, 0.15) is 0 Å². The van der Waals surface area contributed by atoms with Gasteiger partial charge in [0.2, 0.25) is 11.8 Å². The highest BCUT2D eigenvalue weighted by atomic mass is 32.2. The van der Waals surface area contributed by atoms with Crippen molar-refractivity contribution >= 4 is 35.3 Å². The Hall–Kier alpha value is -2.02. The SMILES string of the molecule is CC(=O)Nc1ccc(S[C@H](C)C(=O)N2CCNC2=O)cc1.